The number of benzene rings is 4. The van der Waals surface area contributed by atoms with Gasteiger partial charge in [0.15, 0.2) is 0 Å². The Balaban J connectivity index is 1.63. The number of hydrazone groups is 2. The van der Waals surface area contributed by atoms with Gasteiger partial charge in [0.25, 0.3) is 0 Å². The number of esters is 1. The normalized spacial score (nSPS) is 17.9. The van der Waals surface area contributed by atoms with E-state index in [-0.39, 0.29) is 11.7 Å². The lowest BCUT2D eigenvalue weighted by molar-refractivity contribution is -0.134. The van der Waals surface area contributed by atoms with Gasteiger partial charge in [0, 0.05) is 16.7 Å². The maximum atomic E-state index is 13.1. The van der Waals surface area contributed by atoms with Crippen LogP contribution in [0.4, 0.5) is 11.4 Å². The second kappa shape index (κ2) is 10.3. The van der Waals surface area contributed by atoms with Crippen LogP contribution in [0, 0.1) is 0 Å². The van der Waals surface area contributed by atoms with Gasteiger partial charge >= 0.3 is 5.97 Å². The minimum absolute atomic E-state index is 0.252. The number of hydrogen-bond donors (Lipinski definition) is 0. The van der Waals surface area contributed by atoms with Gasteiger partial charge in [0.05, 0.1) is 30.8 Å². The molecule has 7 nitrogen and oxygen atoms in total. The summed E-state index contributed by atoms with van der Waals surface area (Å²) in [6, 6.07) is 35.9. The SMILES string of the molecule is CCOC(=O)C1=NN(c2ccc(OC)cc2)C2(S1)c1ccccc1C(c1ccccc1)=NN2c1ccccc1. The zero-order chi connectivity index (χ0) is 26.8. The zero-order valence-corrected chi connectivity index (χ0v) is 22.3. The Morgan fingerprint density at radius 3 is 2.10 bits per heavy atom. The van der Waals surface area contributed by atoms with Crippen LogP contribution >= 0.6 is 11.8 Å². The van der Waals surface area contributed by atoms with Gasteiger partial charge in [0.1, 0.15) is 5.75 Å². The standard InChI is InChI=1S/C31H26N4O3S/c1-3-38-30(36)29-33-35(24-18-20-25(37-2)21-19-24)31(39-29)27-17-11-10-16-26(27)28(22-12-6-4-7-13-22)32-34(31)23-14-8-5-9-15-23/h4-21H,3H2,1-2H3. The smallest absolute Gasteiger partial charge is 0.365 e. The van der Waals surface area contributed by atoms with Crippen molar-refractivity contribution in [2.45, 2.75) is 11.9 Å². The van der Waals surface area contributed by atoms with Crippen LogP contribution in [0.25, 0.3) is 0 Å². The Morgan fingerprint density at radius 2 is 1.41 bits per heavy atom. The van der Waals surface area contributed by atoms with Crippen molar-refractivity contribution in [2.24, 2.45) is 10.2 Å². The Labute approximate surface area is 231 Å². The summed E-state index contributed by atoms with van der Waals surface area (Å²) >= 11 is 1.33. The molecule has 194 valence electrons. The fourth-order valence-electron chi connectivity index (χ4n) is 4.81. The van der Waals surface area contributed by atoms with Crippen molar-refractivity contribution >= 4 is 39.9 Å². The molecule has 0 N–H and O–H groups in total. The molecule has 2 aliphatic rings. The average Bonchev–Trinajstić information content (AvgIpc) is 3.39. The first kappa shape index (κ1) is 24.8. The van der Waals surface area contributed by atoms with Crippen molar-refractivity contribution in [1.82, 2.24) is 0 Å². The number of fused-ring (bicyclic) bond motifs is 2. The molecule has 0 aromatic heterocycles. The third-order valence-electron chi connectivity index (χ3n) is 6.55. The van der Waals surface area contributed by atoms with Crippen molar-refractivity contribution in [3.63, 3.8) is 0 Å². The van der Waals surface area contributed by atoms with Gasteiger partial charge in [0.2, 0.25) is 10.0 Å². The van der Waals surface area contributed by atoms with Crippen molar-refractivity contribution < 1.29 is 14.3 Å². The number of methoxy groups -OCH3 is 1. The molecule has 1 unspecified atom stereocenters. The summed E-state index contributed by atoms with van der Waals surface area (Å²) in [5, 5.41) is 14.2. The van der Waals surface area contributed by atoms with E-state index in [1.807, 2.05) is 94.9 Å². The second-order valence-corrected chi connectivity index (χ2v) is 10.0. The van der Waals surface area contributed by atoms with E-state index in [9.17, 15) is 4.79 Å². The number of anilines is 2. The van der Waals surface area contributed by atoms with Gasteiger partial charge in [-0.05, 0) is 55.1 Å². The first-order valence-corrected chi connectivity index (χ1v) is 13.5. The molecule has 2 heterocycles. The number of carbonyl (C=O) groups is 1. The van der Waals surface area contributed by atoms with Crippen LogP contribution in [0.1, 0.15) is 23.6 Å². The van der Waals surface area contributed by atoms with E-state index in [0.717, 1.165) is 39.5 Å². The molecular formula is C31H26N4O3S. The molecule has 4 aromatic carbocycles. The van der Waals surface area contributed by atoms with Crippen LogP contribution in [0.15, 0.2) is 119 Å². The van der Waals surface area contributed by atoms with Crippen LogP contribution in [0.3, 0.4) is 0 Å². The minimum Gasteiger partial charge on any atom is -0.497 e. The van der Waals surface area contributed by atoms with E-state index in [0.29, 0.717) is 0 Å². The topological polar surface area (TPSA) is 66.7 Å². The molecule has 0 radical (unpaired) electrons. The number of para-hydroxylation sites is 1. The average molecular weight is 535 g/mol. The maximum absolute atomic E-state index is 13.1. The largest absolute Gasteiger partial charge is 0.497 e. The van der Waals surface area contributed by atoms with E-state index in [2.05, 4.69) is 24.3 Å². The van der Waals surface area contributed by atoms with E-state index >= 15 is 0 Å². The van der Waals surface area contributed by atoms with Crippen LogP contribution in [-0.4, -0.2) is 30.4 Å². The Kier molecular flexibility index (Phi) is 6.54. The fourth-order valence-corrected chi connectivity index (χ4v) is 6.10. The Bertz CT molecular complexity index is 1560. The van der Waals surface area contributed by atoms with Crippen LogP contribution in [0.2, 0.25) is 0 Å². The van der Waals surface area contributed by atoms with Gasteiger partial charge < -0.3 is 9.47 Å². The lowest BCUT2D eigenvalue weighted by Crippen LogP contribution is -2.54. The number of ether oxygens (including phenoxy) is 2. The number of thioether (sulfide) groups is 1. The number of carbonyl (C=O) groups excluding carboxylic acids is 1. The third-order valence-corrected chi connectivity index (χ3v) is 7.84. The summed E-state index contributed by atoms with van der Waals surface area (Å²) < 4.78 is 10.8. The molecule has 8 heteroatoms. The van der Waals surface area contributed by atoms with Crippen LogP contribution in [-0.2, 0) is 14.5 Å². The summed E-state index contributed by atoms with van der Waals surface area (Å²) in [4.78, 5) is 12.1. The molecule has 1 atom stereocenters. The van der Waals surface area contributed by atoms with Crippen LogP contribution < -0.4 is 14.8 Å². The van der Waals surface area contributed by atoms with E-state index < -0.39 is 11.0 Å². The molecule has 2 aliphatic heterocycles. The predicted molar refractivity (Wildman–Crippen MR) is 156 cm³/mol. The Hall–Kier alpha value is -4.56. The molecule has 4 aromatic rings. The predicted octanol–water partition coefficient (Wildman–Crippen LogP) is 6.21. The Morgan fingerprint density at radius 1 is 0.795 bits per heavy atom. The molecule has 39 heavy (non-hydrogen) atoms. The first-order valence-electron chi connectivity index (χ1n) is 12.6. The number of rotatable bonds is 6. The fraction of sp³-hybridized carbons (Fsp3) is 0.129. The highest BCUT2D eigenvalue weighted by atomic mass is 32.2. The van der Waals surface area contributed by atoms with Gasteiger partial charge in [-0.3, -0.25) is 0 Å². The summed E-state index contributed by atoms with van der Waals surface area (Å²) in [6.07, 6.45) is 0. The summed E-state index contributed by atoms with van der Waals surface area (Å²) in [5.74, 6) is 0.254. The first-order chi connectivity index (χ1) is 19.2. The van der Waals surface area contributed by atoms with E-state index in [1.165, 1.54) is 11.8 Å². The van der Waals surface area contributed by atoms with Crippen molar-refractivity contribution in [3.8, 4) is 5.75 Å². The highest BCUT2D eigenvalue weighted by molar-refractivity contribution is 8.16. The molecule has 0 saturated heterocycles. The molecule has 0 amide bonds. The lowest BCUT2D eigenvalue weighted by Gasteiger charge is -2.47. The summed E-state index contributed by atoms with van der Waals surface area (Å²) in [7, 11) is 1.63. The molecule has 1 spiro atoms. The monoisotopic (exact) mass is 534 g/mol. The molecule has 0 aliphatic carbocycles. The lowest BCUT2D eigenvalue weighted by atomic mass is 9.93. The van der Waals surface area contributed by atoms with Gasteiger partial charge in [-0.15, -0.1) is 0 Å². The molecule has 0 saturated carbocycles. The minimum atomic E-state index is -1.05. The van der Waals surface area contributed by atoms with Crippen molar-refractivity contribution in [1.29, 1.82) is 0 Å². The molecule has 0 bridgehead atoms. The van der Waals surface area contributed by atoms with Crippen molar-refractivity contribution in [2.75, 3.05) is 23.7 Å². The summed E-state index contributed by atoms with van der Waals surface area (Å²) in [6.45, 7) is 2.04. The van der Waals surface area contributed by atoms with E-state index in [1.54, 1.807) is 14.0 Å². The number of nitrogens with zero attached hydrogens (tertiary/aromatic N) is 4. The van der Waals surface area contributed by atoms with E-state index in [4.69, 9.17) is 19.7 Å². The van der Waals surface area contributed by atoms with Crippen LogP contribution in [0.5, 0.6) is 5.75 Å². The maximum Gasteiger partial charge on any atom is 0.365 e. The quantitative estimate of drug-likeness (QED) is 0.274. The second-order valence-electron chi connectivity index (χ2n) is 8.85. The zero-order valence-electron chi connectivity index (χ0n) is 21.5. The van der Waals surface area contributed by atoms with Gasteiger partial charge in [-0.1, -0.05) is 72.8 Å². The highest BCUT2D eigenvalue weighted by Gasteiger charge is 2.56. The number of hydrogen-bond acceptors (Lipinski definition) is 8. The molecule has 6 rings (SSSR count). The summed E-state index contributed by atoms with van der Waals surface area (Å²) in [5.41, 5.74) is 5.36. The highest BCUT2D eigenvalue weighted by Crippen LogP contribution is 2.55. The molecular weight excluding hydrogens is 508 g/mol. The van der Waals surface area contributed by atoms with Gasteiger partial charge in [-0.25, -0.2) is 14.8 Å². The van der Waals surface area contributed by atoms with Gasteiger partial charge in [-0.2, -0.15) is 10.2 Å². The molecule has 0 fully saturated rings. The third kappa shape index (κ3) is 4.23. The van der Waals surface area contributed by atoms with Crippen molar-refractivity contribution in [3.05, 3.63) is 126 Å².